The third kappa shape index (κ3) is 5.18. The van der Waals surface area contributed by atoms with E-state index in [1.54, 1.807) is 0 Å². The smallest absolute Gasteiger partial charge is 0.264 e. The van der Waals surface area contributed by atoms with Gasteiger partial charge >= 0.3 is 0 Å². The Kier molecular flexibility index (Phi) is 7.43. The van der Waals surface area contributed by atoms with E-state index in [0.29, 0.717) is 0 Å². The molecule has 3 fully saturated rings. The van der Waals surface area contributed by atoms with Crippen LogP contribution in [0.25, 0.3) is 22.3 Å². The molecular formula is C20H20BF2N10O8P2S-. The first-order valence-corrected chi connectivity index (χ1v) is 16.9. The highest BCUT2D eigenvalue weighted by Gasteiger charge is 2.53. The molecule has 0 aromatic carbocycles. The van der Waals surface area contributed by atoms with Gasteiger partial charge in [0.05, 0.1) is 25.9 Å². The van der Waals surface area contributed by atoms with Gasteiger partial charge in [0.1, 0.15) is 54.8 Å². The molecule has 0 bridgehead atoms. The number of fused-ring (bicyclic) bond motifs is 4. The molecule has 2 radical (unpaired) electrons. The van der Waals surface area contributed by atoms with Gasteiger partial charge < -0.3 is 43.9 Å². The summed E-state index contributed by atoms with van der Waals surface area (Å²) in [6.45, 7) is -5.92. The molecule has 7 rings (SSSR count). The van der Waals surface area contributed by atoms with Crippen molar-refractivity contribution in [1.82, 2.24) is 39.0 Å². The molecule has 0 saturated carbocycles. The summed E-state index contributed by atoms with van der Waals surface area (Å²) in [5, 5.41) is 0. The number of nitrogens with zero attached hydrogens (tertiary/aromatic N) is 8. The first-order chi connectivity index (χ1) is 20.9. The van der Waals surface area contributed by atoms with Gasteiger partial charge in [-0.1, -0.05) is 11.8 Å². The quantitative estimate of drug-likeness (QED) is 0.210. The van der Waals surface area contributed by atoms with E-state index >= 15 is 8.78 Å². The summed E-state index contributed by atoms with van der Waals surface area (Å²) in [6, 6.07) is 0. The van der Waals surface area contributed by atoms with Gasteiger partial charge in [-0.15, -0.1) is 0 Å². The van der Waals surface area contributed by atoms with Crippen molar-refractivity contribution in [1.29, 1.82) is 0 Å². The second-order valence-electron chi connectivity index (χ2n) is 9.90. The zero-order valence-electron chi connectivity index (χ0n) is 22.0. The fraction of sp³-hybridized carbons (Fsp3) is 0.500. The van der Waals surface area contributed by atoms with Crippen LogP contribution in [0.2, 0.25) is 0 Å². The highest BCUT2D eigenvalue weighted by Crippen LogP contribution is 2.53. The Labute approximate surface area is 251 Å². The zero-order chi connectivity index (χ0) is 31.0. The van der Waals surface area contributed by atoms with Crippen molar-refractivity contribution in [3.63, 3.8) is 0 Å². The number of rotatable bonds is 2. The summed E-state index contributed by atoms with van der Waals surface area (Å²) in [6.07, 6.45) is -8.51. The van der Waals surface area contributed by atoms with E-state index in [1.165, 1.54) is 21.8 Å². The second kappa shape index (κ2) is 10.9. The monoisotopic (exact) mass is 671 g/mol. The van der Waals surface area contributed by atoms with Gasteiger partial charge in [-0.25, -0.2) is 38.7 Å². The predicted octanol–water partition coefficient (Wildman–Crippen LogP) is -0.0198. The number of hydrogen-bond donors (Lipinski definition) is 2. The first kappa shape index (κ1) is 29.9. The summed E-state index contributed by atoms with van der Waals surface area (Å²) in [7, 11) is 1.23. The molecule has 3 saturated heterocycles. The van der Waals surface area contributed by atoms with E-state index in [2.05, 4.69) is 29.9 Å². The average molecular weight is 671 g/mol. The molecule has 44 heavy (non-hydrogen) atoms. The second-order valence-corrected chi connectivity index (χ2v) is 14.2. The number of ether oxygens (including phenoxy) is 2. The Balaban J connectivity index is 1.17. The fourth-order valence-electron chi connectivity index (χ4n) is 5.19. The fourth-order valence-corrected chi connectivity index (χ4v) is 7.62. The number of nitrogens with two attached hydrogens (primary N) is 2. The van der Waals surface area contributed by atoms with Crippen LogP contribution in [-0.4, -0.2) is 96.6 Å². The minimum Gasteiger partial charge on any atom is -0.780 e. The normalized spacial score (nSPS) is 38.2. The molecule has 232 valence electrons. The molecule has 4 aromatic heterocycles. The third-order valence-electron chi connectivity index (χ3n) is 7.19. The summed E-state index contributed by atoms with van der Waals surface area (Å²) in [5.41, 5.74) is 12.2. The van der Waals surface area contributed by atoms with Crippen LogP contribution in [0, 0.1) is 0 Å². The van der Waals surface area contributed by atoms with Crippen LogP contribution in [0.1, 0.15) is 12.5 Å². The summed E-state index contributed by atoms with van der Waals surface area (Å²) < 4.78 is 80.6. The Morgan fingerprint density at radius 3 is 1.84 bits per heavy atom. The largest absolute Gasteiger partial charge is 0.780 e. The SMILES string of the molecule is [B][P@@]1(=O)OC[C@H]2O[C@@H](n3cnc4c(N)ncnc43)[C@@H](F)C2OP([O-])(=S)OC[C@H]2O[C@@H](n3cnc4c(N)ncnc43)[C@@H](F)C2O1. The van der Waals surface area contributed by atoms with Crippen molar-refractivity contribution < 1.29 is 45.8 Å². The summed E-state index contributed by atoms with van der Waals surface area (Å²) in [5.74, 6) is 0.0785. The van der Waals surface area contributed by atoms with Crippen LogP contribution >= 0.6 is 14.2 Å². The number of imidazole rings is 2. The number of hydrogen-bond acceptors (Lipinski definition) is 17. The molecule has 18 nitrogen and oxygen atoms in total. The lowest BCUT2D eigenvalue weighted by atomic mass is 10.1. The maximum atomic E-state index is 15.9. The van der Waals surface area contributed by atoms with Crippen molar-refractivity contribution in [2.75, 3.05) is 24.7 Å². The van der Waals surface area contributed by atoms with Crippen molar-refractivity contribution in [3.8, 4) is 0 Å². The van der Waals surface area contributed by atoms with Crippen molar-refractivity contribution in [3.05, 3.63) is 25.3 Å². The standard InChI is InChI=1S/C20H21BF2N10O8P2S/c21-42(34)36-1-7-14(10(23)20(38-7)33-6-31-12-16(25)27-4-29-18(12)33)41-43(35,44)37-2-8-13(40-42)9(22)19(39-8)32-5-30-11-15(24)26-3-28-17(11)32/h3-10,13-14,19-20H,1-2H2,(H,35,44)(H2,24,26,28)(H2,25,27,29)/p-1/t7-,8-,9+,10+,13?,14?,19-,20-,42-,43?/m1/s1. The topological polar surface area (TPSA) is 235 Å². The van der Waals surface area contributed by atoms with E-state index in [1.807, 2.05) is 0 Å². The Morgan fingerprint density at radius 2 is 1.32 bits per heavy atom. The zero-order valence-corrected chi connectivity index (χ0v) is 24.6. The molecule has 7 heterocycles. The van der Waals surface area contributed by atoms with Crippen molar-refractivity contribution in [2.24, 2.45) is 0 Å². The highest BCUT2D eigenvalue weighted by molar-refractivity contribution is 8.06. The molecule has 0 aliphatic carbocycles. The number of alkyl halides is 2. The summed E-state index contributed by atoms with van der Waals surface area (Å²) in [4.78, 5) is 37.2. The van der Waals surface area contributed by atoms with Crippen LogP contribution in [0.4, 0.5) is 20.4 Å². The van der Waals surface area contributed by atoms with Gasteiger partial charge in [0.15, 0.2) is 47.7 Å². The molecular weight excluding hydrogens is 651 g/mol. The molecule has 4 aromatic rings. The van der Waals surface area contributed by atoms with Gasteiger partial charge in [0, 0.05) is 0 Å². The van der Waals surface area contributed by atoms with E-state index in [4.69, 9.17) is 58.4 Å². The minimum absolute atomic E-state index is 0.0390. The van der Waals surface area contributed by atoms with Crippen LogP contribution in [0.15, 0.2) is 25.3 Å². The number of aromatic nitrogens is 8. The van der Waals surface area contributed by atoms with E-state index < -0.39 is 76.6 Å². The number of nitrogen functional groups attached to an aromatic ring is 2. The van der Waals surface area contributed by atoms with Gasteiger partial charge in [0.2, 0.25) is 7.57 Å². The molecule has 3 aliphatic rings. The van der Waals surface area contributed by atoms with Crippen LogP contribution in [0.5, 0.6) is 0 Å². The van der Waals surface area contributed by atoms with Gasteiger partial charge in [0.25, 0.3) is 7.47 Å². The van der Waals surface area contributed by atoms with E-state index in [0.717, 1.165) is 12.7 Å². The lowest BCUT2D eigenvalue weighted by molar-refractivity contribution is -0.217. The van der Waals surface area contributed by atoms with Crippen molar-refractivity contribution >= 4 is 67.5 Å². The molecule has 3 aliphatic heterocycles. The number of anilines is 2. The average Bonchev–Trinajstić information content (AvgIpc) is 3.73. The highest BCUT2D eigenvalue weighted by atomic mass is 32.5. The Morgan fingerprint density at radius 1 is 0.841 bits per heavy atom. The van der Waals surface area contributed by atoms with E-state index in [9.17, 15) is 9.46 Å². The Hall–Kier alpha value is -2.78. The lowest BCUT2D eigenvalue weighted by Crippen LogP contribution is -2.38. The molecule has 3 unspecified atom stereocenters. The van der Waals surface area contributed by atoms with Gasteiger partial charge in [-0.05, 0) is 0 Å². The third-order valence-corrected chi connectivity index (χ3v) is 9.78. The van der Waals surface area contributed by atoms with Crippen LogP contribution in [-0.2, 0) is 43.9 Å². The van der Waals surface area contributed by atoms with Crippen LogP contribution in [0.3, 0.4) is 0 Å². The van der Waals surface area contributed by atoms with Crippen molar-refractivity contribution in [2.45, 2.75) is 49.2 Å². The summed E-state index contributed by atoms with van der Waals surface area (Å²) >= 11 is 5.03. The lowest BCUT2D eigenvalue weighted by Gasteiger charge is -2.35. The number of halogens is 2. The predicted molar refractivity (Wildman–Crippen MR) is 146 cm³/mol. The van der Waals surface area contributed by atoms with Gasteiger partial charge in [-0.2, -0.15) is 0 Å². The molecule has 10 atom stereocenters. The first-order valence-electron chi connectivity index (χ1n) is 12.7. The minimum atomic E-state index is -4.59. The van der Waals surface area contributed by atoms with E-state index in [-0.39, 0.29) is 34.0 Å². The molecule has 4 N–H and O–H groups in total. The molecule has 24 heteroatoms. The van der Waals surface area contributed by atoms with Crippen LogP contribution < -0.4 is 16.4 Å². The molecule has 0 amide bonds. The molecule has 0 spiro atoms. The maximum absolute atomic E-state index is 15.9. The maximum Gasteiger partial charge on any atom is 0.264 e. The Bertz CT molecular complexity index is 1710. The van der Waals surface area contributed by atoms with Gasteiger partial charge in [-0.3, -0.25) is 13.7 Å².